The molecule has 0 fully saturated rings. The molecule has 74 valence electrons. The molecule has 1 aromatic carbocycles. The summed E-state index contributed by atoms with van der Waals surface area (Å²) in [6, 6.07) is 9.62. The minimum Gasteiger partial charge on any atom is -0.378 e. The zero-order chi connectivity index (χ0) is 10.4. The molecule has 1 amide bonds. The van der Waals surface area contributed by atoms with Crippen molar-refractivity contribution in [2.24, 2.45) is 16.6 Å². The first-order valence-electron chi connectivity index (χ1n) is 4.10. The van der Waals surface area contributed by atoms with Gasteiger partial charge in [0.05, 0.1) is 6.54 Å². The molecule has 5 nitrogen and oxygen atoms in total. The van der Waals surface area contributed by atoms with Crippen molar-refractivity contribution in [2.45, 2.75) is 6.54 Å². The number of nitrogens with two attached hydrogens (primary N) is 2. The summed E-state index contributed by atoms with van der Waals surface area (Å²) in [5, 5.41) is 3.59. The Labute approximate surface area is 81.8 Å². The fourth-order valence-corrected chi connectivity index (χ4v) is 0.867. The van der Waals surface area contributed by atoms with Gasteiger partial charge in [0, 0.05) is 0 Å². The molecule has 0 saturated heterocycles. The number of amides is 1. The molecule has 1 aromatic rings. The van der Waals surface area contributed by atoms with Gasteiger partial charge in [-0.2, -0.15) is 5.10 Å². The summed E-state index contributed by atoms with van der Waals surface area (Å²) >= 11 is 0. The summed E-state index contributed by atoms with van der Waals surface area (Å²) in [7, 11) is 0. The van der Waals surface area contributed by atoms with E-state index in [0.717, 1.165) is 5.56 Å². The zero-order valence-electron chi connectivity index (χ0n) is 7.60. The lowest BCUT2D eigenvalue weighted by atomic mass is 10.2. The van der Waals surface area contributed by atoms with Gasteiger partial charge < -0.3 is 16.9 Å². The lowest BCUT2D eigenvalue weighted by molar-refractivity contribution is -0.112. The Hall–Kier alpha value is -2.04. The Balaban J connectivity index is 2.43. The zero-order valence-corrected chi connectivity index (χ0v) is 7.60. The second-order valence-corrected chi connectivity index (χ2v) is 2.68. The Bertz CT molecular complexity index is 334. The quantitative estimate of drug-likeness (QED) is 0.343. The maximum atomic E-state index is 10.5. The summed E-state index contributed by atoms with van der Waals surface area (Å²) in [5.74, 6) is -0.952. The third kappa shape index (κ3) is 3.14. The van der Waals surface area contributed by atoms with Crippen LogP contribution in [0.15, 0.2) is 35.4 Å². The average molecular weight is 192 g/mol. The highest BCUT2D eigenvalue weighted by atomic mass is 16.1. The maximum Gasteiger partial charge on any atom is 0.285 e. The van der Waals surface area contributed by atoms with Gasteiger partial charge in [0.1, 0.15) is 0 Å². The van der Waals surface area contributed by atoms with Gasteiger partial charge in [-0.15, -0.1) is 0 Å². The van der Waals surface area contributed by atoms with Gasteiger partial charge in [-0.1, -0.05) is 30.3 Å². The van der Waals surface area contributed by atoms with Crippen LogP contribution in [0.1, 0.15) is 5.56 Å². The van der Waals surface area contributed by atoms with E-state index in [1.54, 1.807) is 0 Å². The van der Waals surface area contributed by atoms with Crippen LogP contribution < -0.4 is 16.9 Å². The fourth-order valence-electron chi connectivity index (χ4n) is 0.867. The van der Waals surface area contributed by atoms with Crippen LogP contribution >= 0.6 is 0 Å². The SMILES string of the molecule is NC(=O)/C(N)=N/NCc1ccccc1. The monoisotopic (exact) mass is 192 g/mol. The lowest BCUT2D eigenvalue weighted by Gasteiger charge is -2.00. The predicted molar refractivity (Wildman–Crippen MR) is 54.1 cm³/mol. The molecule has 0 heterocycles. The van der Waals surface area contributed by atoms with Crippen molar-refractivity contribution in [3.63, 3.8) is 0 Å². The second-order valence-electron chi connectivity index (χ2n) is 2.68. The van der Waals surface area contributed by atoms with Crippen LogP contribution in [0.5, 0.6) is 0 Å². The highest BCUT2D eigenvalue weighted by Gasteiger charge is 1.98. The van der Waals surface area contributed by atoms with Crippen molar-refractivity contribution in [1.82, 2.24) is 5.43 Å². The Morgan fingerprint density at radius 2 is 1.93 bits per heavy atom. The Morgan fingerprint density at radius 3 is 2.50 bits per heavy atom. The number of amidine groups is 1. The summed E-state index contributed by atoms with van der Waals surface area (Å²) in [6.45, 7) is 0.509. The summed E-state index contributed by atoms with van der Waals surface area (Å²) < 4.78 is 0. The van der Waals surface area contributed by atoms with E-state index in [4.69, 9.17) is 11.5 Å². The van der Waals surface area contributed by atoms with E-state index in [1.807, 2.05) is 30.3 Å². The number of benzene rings is 1. The van der Waals surface area contributed by atoms with Crippen LogP contribution in [-0.2, 0) is 11.3 Å². The van der Waals surface area contributed by atoms with Crippen LogP contribution in [-0.4, -0.2) is 11.7 Å². The van der Waals surface area contributed by atoms with Crippen LogP contribution in [0.2, 0.25) is 0 Å². The molecule has 0 unspecified atom stereocenters. The van der Waals surface area contributed by atoms with Crippen LogP contribution in [0.25, 0.3) is 0 Å². The molecule has 0 aliphatic heterocycles. The molecule has 0 bridgehead atoms. The van der Waals surface area contributed by atoms with Crippen molar-refractivity contribution < 1.29 is 4.79 Å². The summed E-state index contributed by atoms with van der Waals surface area (Å²) in [5.41, 5.74) is 13.8. The van der Waals surface area contributed by atoms with E-state index in [1.165, 1.54) is 0 Å². The number of nitrogens with zero attached hydrogens (tertiary/aromatic N) is 1. The standard InChI is InChI=1S/C9H12N4O/c10-8(9(11)14)13-12-6-7-4-2-1-3-5-7/h1-5,12H,6H2,(H2,10,13)(H2,11,14). The van der Waals surface area contributed by atoms with Gasteiger partial charge in [-0.05, 0) is 5.56 Å². The first kappa shape index (κ1) is 10.0. The second kappa shape index (κ2) is 4.86. The molecule has 5 N–H and O–H groups in total. The van der Waals surface area contributed by atoms with Crippen molar-refractivity contribution in [1.29, 1.82) is 0 Å². The van der Waals surface area contributed by atoms with E-state index in [0.29, 0.717) is 6.54 Å². The number of hydrogen-bond acceptors (Lipinski definition) is 3. The third-order valence-electron chi connectivity index (χ3n) is 1.58. The highest BCUT2D eigenvalue weighted by molar-refractivity contribution is 6.36. The van der Waals surface area contributed by atoms with Gasteiger partial charge in [-0.3, -0.25) is 4.79 Å². The molecular formula is C9H12N4O. The molecular weight excluding hydrogens is 180 g/mol. The van der Waals surface area contributed by atoms with E-state index in [-0.39, 0.29) is 5.84 Å². The molecule has 0 aromatic heterocycles. The van der Waals surface area contributed by atoms with Crippen LogP contribution in [0, 0.1) is 0 Å². The number of nitrogens with one attached hydrogen (secondary N) is 1. The van der Waals surface area contributed by atoms with Gasteiger partial charge in [0.15, 0.2) is 0 Å². The maximum absolute atomic E-state index is 10.5. The molecule has 1 rings (SSSR count). The topological polar surface area (TPSA) is 93.5 Å². The summed E-state index contributed by atoms with van der Waals surface area (Å²) in [4.78, 5) is 10.5. The van der Waals surface area contributed by atoms with Crippen molar-refractivity contribution >= 4 is 11.7 Å². The van der Waals surface area contributed by atoms with Gasteiger partial charge in [-0.25, -0.2) is 0 Å². The van der Waals surface area contributed by atoms with Crippen LogP contribution in [0.4, 0.5) is 0 Å². The number of hydrogen-bond donors (Lipinski definition) is 3. The molecule has 5 heteroatoms. The smallest absolute Gasteiger partial charge is 0.285 e. The number of carbonyl (C=O) groups is 1. The fraction of sp³-hybridized carbons (Fsp3) is 0.111. The number of primary amides is 1. The van der Waals surface area contributed by atoms with E-state index in [2.05, 4.69) is 10.5 Å². The largest absolute Gasteiger partial charge is 0.378 e. The Morgan fingerprint density at radius 1 is 1.29 bits per heavy atom. The van der Waals surface area contributed by atoms with E-state index < -0.39 is 5.91 Å². The molecule has 0 radical (unpaired) electrons. The van der Waals surface area contributed by atoms with E-state index in [9.17, 15) is 4.79 Å². The number of hydrazone groups is 1. The first-order valence-corrected chi connectivity index (χ1v) is 4.10. The van der Waals surface area contributed by atoms with Gasteiger partial charge in [0.25, 0.3) is 5.91 Å². The molecule has 0 spiro atoms. The normalized spacial score (nSPS) is 11.0. The third-order valence-corrected chi connectivity index (χ3v) is 1.58. The molecule has 14 heavy (non-hydrogen) atoms. The Kier molecular flexibility index (Phi) is 3.49. The average Bonchev–Trinajstić information content (AvgIpc) is 2.19. The number of carbonyl (C=O) groups excluding carboxylic acids is 1. The minimum absolute atomic E-state index is 0.221. The van der Waals surface area contributed by atoms with Crippen molar-refractivity contribution in [2.75, 3.05) is 0 Å². The number of rotatable bonds is 3. The molecule has 0 aliphatic carbocycles. The predicted octanol–water partition coefficient (Wildman–Crippen LogP) is -0.466. The van der Waals surface area contributed by atoms with Crippen LogP contribution in [0.3, 0.4) is 0 Å². The molecule has 0 atom stereocenters. The first-order chi connectivity index (χ1) is 6.70. The highest BCUT2D eigenvalue weighted by Crippen LogP contribution is 1.96. The lowest BCUT2D eigenvalue weighted by Crippen LogP contribution is -2.32. The molecule has 0 aliphatic rings. The van der Waals surface area contributed by atoms with E-state index >= 15 is 0 Å². The van der Waals surface area contributed by atoms with Crippen molar-refractivity contribution in [3.05, 3.63) is 35.9 Å². The summed E-state index contributed by atoms with van der Waals surface area (Å²) in [6.07, 6.45) is 0. The van der Waals surface area contributed by atoms with Gasteiger partial charge >= 0.3 is 0 Å². The molecule has 0 saturated carbocycles. The van der Waals surface area contributed by atoms with Gasteiger partial charge in [0.2, 0.25) is 5.84 Å². The minimum atomic E-state index is -0.731. The van der Waals surface area contributed by atoms with Crippen molar-refractivity contribution in [3.8, 4) is 0 Å².